The Balaban J connectivity index is 2.11. The van der Waals surface area contributed by atoms with Crippen LogP contribution in [0.5, 0.6) is 5.75 Å². The second-order valence-corrected chi connectivity index (χ2v) is 5.02. The third-order valence-electron chi connectivity index (χ3n) is 2.68. The van der Waals surface area contributed by atoms with Gasteiger partial charge < -0.3 is 4.74 Å². The zero-order chi connectivity index (χ0) is 13.9. The molecule has 2 aromatic heterocycles. The Morgan fingerprint density at radius 2 is 2.25 bits per heavy atom. The predicted octanol–water partition coefficient (Wildman–Crippen LogP) is 1.26. The van der Waals surface area contributed by atoms with Crippen LogP contribution in [-0.2, 0) is 0 Å². The molecule has 0 radical (unpaired) electrons. The van der Waals surface area contributed by atoms with Crippen LogP contribution in [0.25, 0.3) is 11.0 Å². The lowest BCUT2D eigenvalue weighted by Crippen LogP contribution is -2.23. The number of rotatable bonds is 4. The van der Waals surface area contributed by atoms with E-state index in [2.05, 4.69) is 16.7 Å². The van der Waals surface area contributed by atoms with Crippen molar-refractivity contribution < 1.29 is 4.74 Å². The molecule has 0 spiro atoms. The number of thiazole rings is 1. The van der Waals surface area contributed by atoms with E-state index in [0.717, 1.165) is 5.56 Å². The molecule has 3 aromatic rings. The molecule has 0 fully saturated rings. The molecule has 0 bridgehead atoms. The van der Waals surface area contributed by atoms with E-state index in [1.165, 1.54) is 22.2 Å². The van der Waals surface area contributed by atoms with Gasteiger partial charge in [0.15, 0.2) is 0 Å². The van der Waals surface area contributed by atoms with E-state index in [1.54, 1.807) is 12.2 Å². The third kappa shape index (κ3) is 2.21. The lowest BCUT2D eigenvalue weighted by molar-refractivity contribution is 0.362. The first-order valence-corrected chi connectivity index (χ1v) is 6.78. The van der Waals surface area contributed by atoms with Crippen molar-refractivity contribution in [3.8, 4) is 5.75 Å². The van der Waals surface area contributed by atoms with E-state index in [1.807, 2.05) is 24.3 Å². The number of fused-ring (bicyclic) bond motifs is 1. The minimum absolute atomic E-state index is 0.166. The van der Waals surface area contributed by atoms with Crippen molar-refractivity contribution in [2.45, 2.75) is 0 Å². The van der Waals surface area contributed by atoms with Crippen LogP contribution in [0, 0.1) is 0 Å². The number of hydrogen-bond acceptors (Lipinski definition) is 5. The average Bonchev–Trinajstić information content (AvgIpc) is 3.02. The summed E-state index contributed by atoms with van der Waals surface area (Å²) in [5.74, 6) is 0.714. The molecule has 0 saturated carbocycles. The minimum atomic E-state index is -0.166. The fourth-order valence-corrected chi connectivity index (χ4v) is 2.67. The van der Waals surface area contributed by atoms with Crippen molar-refractivity contribution in [3.05, 3.63) is 63.7 Å². The summed E-state index contributed by atoms with van der Waals surface area (Å²) in [6.07, 6.45) is 4.85. The van der Waals surface area contributed by atoms with Crippen LogP contribution in [0.3, 0.4) is 0 Å². The van der Waals surface area contributed by atoms with E-state index in [0.29, 0.717) is 21.8 Å². The van der Waals surface area contributed by atoms with Gasteiger partial charge in [0.25, 0.3) is 5.56 Å². The standard InChI is InChI=1S/C14H11N3O2S/c1-2-7-19-11-6-4-3-5-10(11)8-12-13(18)17-14(20-12)15-9-16-17/h2-6,8-9H,1,7H2/b12-8-. The van der Waals surface area contributed by atoms with Gasteiger partial charge >= 0.3 is 0 Å². The second-order valence-electron chi connectivity index (χ2n) is 4.01. The molecular weight excluding hydrogens is 274 g/mol. The summed E-state index contributed by atoms with van der Waals surface area (Å²) in [7, 11) is 0. The highest BCUT2D eigenvalue weighted by molar-refractivity contribution is 7.15. The number of nitrogens with zero attached hydrogens (tertiary/aromatic N) is 3. The maximum absolute atomic E-state index is 12.1. The van der Waals surface area contributed by atoms with Crippen molar-refractivity contribution in [1.82, 2.24) is 14.6 Å². The molecule has 6 heteroatoms. The first-order chi connectivity index (χ1) is 9.79. The van der Waals surface area contributed by atoms with Gasteiger partial charge in [-0.05, 0) is 12.1 Å². The van der Waals surface area contributed by atoms with Crippen LogP contribution in [0.1, 0.15) is 5.56 Å². The summed E-state index contributed by atoms with van der Waals surface area (Å²) in [5, 5.41) is 3.89. The van der Waals surface area contributed by atoms with Gasteiger partial charge in [0.1, 0.15) is 18.7 Å². The van der Waals surface area contributed by atoms with Gasteiger partial charge in [-0.2, -0.15) is 9.61 Å². The molecule has 100 valence electrons. The second kappa shape index (κ2) is 5.26. The molecule has 5 nitrogen and oxygen atoms in total. The van der Waals surface area contributed by atoms with Crippen LogP contribution in [0.4, 0.5) is 0 Å². The summed E-state index contributed by atoms with van der Waals surface area (Å²) in [4.78, 5) is 16.7. The lowest BCUT2D eigenvalue weighted by atomic mass is 10.2. The Labute approximate surface area is 118 Å². The number of para-hydroxylation sites is 1. The van der Waals surface area contributed by atoms with Gasteiger partial charge in [-0.1, -0.05) is 42.2 Å². The Morgan fingerprint density at radius 1 is 1.40 bits per heavy atom. The van der Waals surface area contributed by atoms with Crippen LogP contribution in [0.2, 0.25) is 0 Å². The van der Waals surface area contributed by atoms with E-state index in [9.17, 15) is 4.79 Å². The van der Waals surface area contributed by atoms with Gasteiger partial charge in [0, 0.05) is 5.56 Å². The molecule has 2 heterocycles. The van der Waals surface area contributed by atoms with Gasteiger partial charge in [0.05, 0.1) is 4.53 Å². The minimum Gasteiger partial charge on any atom is -0.489 e. The molecule has 20 heavy (non-hydrogen) atoms. The summed E-state index contributed by atoms with van der Waals surface area (Å²) < 4.78 is 7.44. The van der Waals surface area contributed by atoms with Crippen LogP contribution in [-0.4, -0.2) is 21.2 Å². The van der Waals surface area contributed by atoms with E-state index in [-0.39, 0.29) is 5.56 Å². The Bertz CT molecular complexity index is 866. The molecule has 3 rings (SSSR count). The quantitative estimate of drug-likeness (QED) is 0.677. The smallest absolute Gasteiger partial charge is 0.291 e. The Kier molecular flexibility index (Phi) is 3.30. The lowest BCUT2D eigenvalue weighted by Gasteiger charge is -2.05. The van der Waals surface area contributed by atoms with Gasteiger partial charge in [-0.25, -0.2) is 4.98 Å². The average molecular weight is 285 g/mol. The molecule has 0 saturated heterocycles. The normalized spacial score (nSPS) is 11.9. The molecule has 0 aliphatic rings. The zero-order valence-corrected chi connectivity index (χ0v) is 11.3. The molecule has 0 amide bonds. The molecule has 0 unspecified atom stereocenters. The summed E-state index contributed by atoms with van der Waals surface area (Å²) in [6.45, 7) is 4.04. The fraction of sp³-hybridized carbons (Fsp3) is 0.0714. The monoisotopic (exact) mass is 285 g/mol. The van der Waals surface area contributed by atoms with E-state index >= 15 is 0 Å². The first kappa shape index (κ1) is 12.6. The zero-order valence-electron chi connectivity index (χ0n) is 10.5. The highest BCUT2D eigenvalue weighted by Gasteiger charge is 2.06. The topological polar surface area (TPSA) is 56.5 Å². The maximum Gasteiger partial charge on any atom is 0.291 e. The Morgan fingerprint density at radius 3 is 3.05 bits per heavy atom. The third-order valence-corrected chi connectivity index (χ3v) is 3.66. The van der Waals surface area contributed by atoms with E-state index < -0.39 is 0 Å². The number of benzene rings is 1. The van der Waals surface area contributed by atoms with Crippen LogP contribution in [0.15, 0.2) is 48.0 Å². The van der Waals surface area contributed by atoms with Crippen LogP contribution >= 0.6 is 11.3 Å². The van der Waals surface area contributed by atoms with Crippen molar-refractivity contribution in [2.24, 2.45) is 0 Å². The van der Waals surface area contributed by atoms with E-state index in [4.69, 9.17) is 4.74 Å². The molecular formula is C14H11N3O2S. The van der Waals surface area contributed by atoms with Gasteiger partial charge in [0.2, 0.25) is 4.96 Å². The van der Waals surface area contributed by atoms with Crippen molar-refractivity contribution >= 4 is 22.4 Å². The van der Waals surface area contributed by atoms with Crippen molar-refractivity contribution in [1.29, 1.82) is 0 Å². The van der Waals surface area contributed by atoms with Gasteiger partial charge in [-0.15, -0.1) is 0 Å². The van der Waals surface area contributed by atoms with Crippen molar-refractivity contribution in [3.63, 3.8) is 0 Å². The Hall–Kier alpha value is -2.47. The number of aromatic nitrogens is 3. The van der Waals surface area contributed by atoms with Crippen LogP contribution < -0.4 is 14.8 Å². The fourth-order valence-electron chi connectivity index (χ4n) is 1.80. The maximum atomic E-state index is 12.1. The first-order valence-electron chi connectivity index (χ1n) is 5.96. The largest absolute Gasteiger partial charge is 0.489 e. The molecule has 0 atom stereocenters. The summed E-state index contributed by atoms with van der Waals surface area (Å²) in [5.41, 5.74) is 0.678. The molecule has 0 N–H and O–H groups in total. The predicted molar refractivity (Wildman–Crippen MR) is 78.1 cm³/mol. The van der Waals surface area contributed by atoms with Crippen molar-refractivity contribution in [2.75, 3.05) is 6.61 Å². The summed E-state index contributed by atoms with van der Waals surface area (Å²) >= 11 is 1.30. The highest BCUT2D eigenvalue weighted by atomic mass is 32.1. The highest BCUT2D eigenvalue weighted by Crippen LogP contribution is 2.18. The number of hydrogen-bond donors (Lipinski definition) is 0. The molecule has 0 aliphatic heterocycles. The summed E-state index contributed by atoms with van der Waals surface area (Å²) in [6, 6.07) is 7.54. The molecule has 0 aliphatic carbocycles. The SMILES string of the molecule is C=CCOc1ccccc1/C=c1\sc2ncnn2c1=O. The van der Waals surface area contributed by atoms with Gasteiger partial charge in [-0.3, -0.25) is 4.79 Å². The molecule has 1 aromatic carbocycles. The number of ether oxygens (including phenoxy) is 1.